The van der Waals surface area contributed by atoms with Gasteiger partial charge in [0.05, 0.1) is 18.7 Å². The molecule has 0 aliphatic carbocycles. The molecule has 0 N–H and O–H groups in total. The molecular formula is C15H13BrClN3O. The molecule has 0 fully saturated rings. The van der Waals surface area contributed by atoms with Crippen molar-refractivity contribution < 1.29 is 4.74 Å². The van der Waals surface area contributed by atoms with Crippen LogP contribution in [0.15, 0.2) is 34.9 Å². The van der Waals surface area contributed by atoms with Gasteiger partial charge in [-0.05, 0) is 36.8 Å². The fraction of sp³-hybridized carbons (Fsp3) is 0.200. The van der Waals surface area contributed by atoms with Gasteiger partial charge in [0.1, 0.15) is 17.1 Å². The second-order valence-electron chi connectivity index (χ2n) is 4.61. The third-order valence-electron chi connectivity index (χ3n) is 3.32. The maximum Gasteiger partial charge on any atom is 0.165 e. The van der Waals surface area contributed by atoms with Crippen molar-refractivity contribution in [3.8, 4) is 11.4 Å². The number of alkyl halides is 1. The van der Waals surface area contributed by atoms with Crippen LogP contribution in [0.25, 0.3) is 16.9 Å². The Kier molecular flexibility index (Phi) is 3.87. The van der Waals surface area contributed by atoms with Gasteiger partial charge >= 0.3 is 0 Å². The minimum atomic E-state index is 0.297. The molecular weight excluding hydrogens is 354 g/mol. The van der Waals surface area contributed by atoms with Crippen molar-refractivity contribution in [3.63, 3.8) is 0 Å². The number of benzene rings is 1. The zero-order valence-electron chi connectivity index (χ0n) is 11.6. The number of aryl methyl sites for hydroxylation is 1. The Morgan fingerprint density at radius 1 is 1.33 bits per heavy atom. The first-order chi connectivity index (χ1) is 10.2. The van der Waals surface area contributed by atoms with E-state index in [0.29, 0.717) is 5.88 Å². The molecule has 0 saturated carbocycles. The number of methoxy groups -OCH3 is 1. The molecule has 3 rings (SSSR count). The van der Waals surface area contributed by atoms with Gasteiger partial charge in [0, 0.05) is 10.7 Å². The Bertz CT molecular complexity index is 816. The van der Waals surface area contributed by atoms with E-state index in [2.05, 4.69) is 25.9 Å². The molecule has 108 valence electrons. The molecule has 6 heteroatoms. The Morgan fingerprint density at radius 2 is 2.14 bits per heavy atom. The standard InChI is InChI=1S/C15H13BrClN3O/c1-9-5-6-18-15-14(9)19-13(8-17)20(15)11-7-10(16)3-4-12(11)21-2/h3-7H,8H2,1-2H3. The van der Waals surface area contributed by atoms with E-state index < -0.39 is 0 Å². The number of hydrogen-bond acceptors (Lipinski definition) is 3. The number of hydrogen-bond donors (Lipinski definition) is 0. The molecule has 0 radical (unpaired) electrons. The lowest BCUT2D eigenvalue weighted by atomic mass is 10.2. The lowest BCUT2D eigenvalue weighted by Crippen LogP contribution is -2.03. The highest BCUT2D eigenvalue weighted by Gasteiger charge is 2.17. The largest absolute Gasteiger partial charge is 0.495 e. The van der Waals surface area contributed by atoms with Gasteiger partial charge in [-0.3, -0.25) is 4.57 Å². The Morgan fingerprint density at radius 3 is 2.86 bits per heavy atom. The minimum absolute atomic E-state index is 0.297. The minimum Gasteiger partial charge on any atom is -0.495 e. The molecule has 1 aromatic carbocycles. The molecule has 0 amide bonds. The van der Waals surface area contributed by atoms with Crippen LogP contribution in [-0.4, -0.2) is 21.6 Å². The Labute approximate surface area is 135 Å². The number of imidazole rings is 1. The molecule has 0 aliphatic rings. The summed E-state index contributed by atoms with van der Waals surface area (Å²) in [7, 11) is 1.64. The average molecular weight is 367 g/mol. The van der Waals surface area contributed by atoms with Crippen LogP contribution in [0.3, 0.4) is 0 Å². The predicted octanol–water partition coefficient (Wildman–Crippen LogP) is 4.24. The van der Waals surface area contributed by atoms with E-state index in [0.717, 1.165) is 38.5 Å². The summed E-state index contributed by atoms with van der Waals surface area (Å²) in [6, 6.07) is 7.75. The van der Waals surface area contributed by atoms with Gasteiger partial charge in [0.25, 0.3) is 0 Å². The monoisotopic (exact) mass is 365 g/mol. The Hall–Kier alpha value is -1.59. The number of halogens is 2. The summed E-state index contributed by atoms with van der Waals surface area (Å²) in [5.74, 6) is 1.78. The number of nitrogens with zero attached hydrogens (tertiary/aromatic N) is 3. The molecule has 0 bridgehead atoms. The summed E-state index contributed by atoms with van der Waals surface area (Å²) in [6.45, 7) is 2.01. The van der Waals surface area contributed by atoms with Gasteiger partial charge in [0.15, 0.2) is 5.65 Å². The average Bonchev–Trinajstić information content (AvgIpc) is 2.87. The van der Waals surface area contributed by atoms with E-state index in [-0.39, 0.29) is 0 Å². The van der Waals surface area contributed by atoms with E-state index in [1.807, 2.05) is 35.8 Å². The summed E-state index contributed by atoms with van der Waals surface area (Å²) in [5.41, 5.74) is 3.57. The number of ether oxygens (including phenoxy) is 1. The van der Waals surface area contributed by atoms with Gasteiger partial charge in [-0.1, -0.05) is 15.9 Å². The van der Waals surface area contributed by atoms with E-state index >= 15 is 0 Å². The highest BCUT2D eigenvalue weighted by Crippen LogP contribution is 2.31. The molecule has 3 aromatic rings. The summed E-state index contributed by atoms with van der Waals surface area (Å²) < 4.78 is 8.36. The van der Waals surface area contributed by atoms with Crippen molar-refractivity contribution in [1.82, 2.24) is 14.5 Å². The van der Waals surface area contributed by atoms with Crippen LogP contribution in [0.2, 0.25) is 0 Å². The van der Waals surface area contributed by atoms with E-state index in [1.165, 1.54) is 0 Å². The number of aromatic nitrogens is 3. The molecule has 2 heterocycles. The zero-order valence-corrected chi connectivity index (χ0v) is 13.9. The maximum atomic E-state index is 6.08. The highest BCUT2D eigenvalue weighted by atomic mass is 79.9. The molecule has 0 aliphatic heterocycles. The maximum absolute atomic E-state index is 6.08. The van der Waals surface area contributed by atoms with Crippen molar-refractivity contribution in [1.29, 1.82) is 0 Å². The topological polar surface area (TPSA) is 39.9 Å². The second-order valence-corrected chi connectivity index (χ2v) is 5.80. The fourth-order valence-electron chi connectivity index (χ4n) is 2.32. The lowest BCUT2D eigenvalue weighted by molar-refractivity contribution is 0.412. The number of pyridine rings is 1. The first kappa shape index (κ1) is 14.4. The molecule has 2 aromatic heterocycles. The molecule has 0 spiro atoms. The smallest absolute Gasteiger partial charge is 0.165 e. The quantitative estimate of drug-likeness (QED) is 0.651. The fourth-order valence-corrected chi connectivity index (χ4v) is 2.85. The second kappa shape index (κ2) is 5.66. The molecule has 21 heavy (non-hydrogen) atoms. The molecule has 0 unspecified atom stereocenters. The van der Waals surface area contributed by atoms with E-state index in [9.17, 15) is 0 Å². The summed E-state index contributed by atoms with van der Waals surface area (Å²) in [6.07, 6.45) is 1.78. The van der Waals surface area contributed by atoms with Crippen molar-refractivity contribution in [2.24, 2.45) is 0 Å². The van der Waals surface area contributed by atoms with Crippen molar-refractivity contribution in [3.05, 3.63) is 46.3 Å². The summed E-state index contributed by atoms with van der Waals surface area (Å²) in [4.78, 5) is 9.07. The van der Waals surface area contributed by atoms with Gasteiger partial charge in [0.2, 0.25) is 0 Å². The van der Waals surface area contributed by atoms with Crippen LogP contribution in [0.1, 0.15) is 11.4 Å². The van der Waals surface area contributed by atoms with Crippen molar-refractivity contribution >= 4 is 38.7 Å². The van der Waals surface area contributed by atoms with Crippen LogP contribution in [0.4, 0.5) is 0 Å². The van der Waals surface area contributed by atoms with Crippen LogP contribution >= 0.6 is 27.5 Å². The normalized spacial score (nSPS) is 11.0. The van der Waals surface area contributed by atoms with Crippen molar-refractivity contribution in [2.45, 2.75) is 12.8 Å². The first-order valence-electron chi connectivity index (χ1n) is 6.38. The van der Waals surface area contributed by atoms with Gasteiger partial charge in [-0.15, -0.1) is 11.6 Å². The van der Waals surface area contributed by atoms with E-state index in [4.69, 9.17) is 16.3 Å². The zero-order chi connectivity index (χ0) is 15.0. The lowest BCUT2D eigenvalue weighted by Gasteiger charge is -2.12. The third-order valence-corrected chi connectivity index (χ3v) is 4.05. The summed E-state index contributed by atoms with van der Waals surface area (Å²) >= 11 is 9.57. The molecule has 4 nitrogen and oxygen atoms in total. The van der Waals surface area contributed by atoms with Gasteiger partial charge < -0.3 is 4.74 Å². The van der Waals surface area contributed by atoms with Crippen LogP contribution in [0, 0.1) is 6.92 Å². The Balaban J connectivity index is 2.39. The summed E-state index contributed by atoms with van der Waals surface area (Å²) in [5, 5.41) is 0. The first-order valence-corrected chi connectivity index (χ1v) is 7.71. The molecule has 0 atom stereocenters. The predicted molar refractivity (Wildman–Crippen MR) is 87.4 cm³/mol. The molecule has 0 saturated heterocycles. The number of rotatable bonds is 3. The van der Waals surface area contributed by atoms with Crippen LogP contribution in [0.5, 0.6) is 5.75 Å². The third kappa shape index (κ3) is 2.40. The van der Waals surface area contributed by atoms with Gasteiger partial charge in [-0.25, -0.2) is 9.97 Å². The SMILES string of the molecule is COc1ccc(Br)cc1-n1c(CCl)nc2c(C)ccnc21. The van der Waals surface area contributed by atoms with Crippen molar-refractivity contribution in [2.75, 3.05) is 7.11 Å². The van der Waals surface area contributed by atoms with Crippen LogP contribution < -0.4 is 4.74 Å². The van der Waals surface area contributed by atoms with E-state index in [1.54, 1.807) is 13.3 Å². The number of fused-ring (bicyclic) bond motifs is 1. The van der Waals surface area contributed by atoms with Gasteiger partial charge in [-0.2, -0.15) is 0 Å². The highest BCUT2D eigenvalue weighted by molar-refractivity contribution is 9.10. The van der Waals surface area contributed by atoms with Crippen LogP contribution in [-0.2, 0) is 5.88 Å².